The van der Waals surface area contributed by atoms with Gasteiger partial charge in [-0.05, 0) is 99.6 Å². The Morgan fingerprint density at radius 2 is 1.60 bits per heavy atom. The van der Waals surface area contributed by atoms with Crippen molar-refractivity contribution in [1.82, 2.24) is 0 Å². The predicted octanol–water partition coefficient (Wildman–Crippen LogP) is 6.92. The first-order valence-corrected chi connectivity index (χ1v) is 15.5. The highest BCUT2D eigenvalue weighted by Crippen LogP contribution is 2.63. The normalized spacial score (nSPS) is 32.7. The van der Waals surface area contributed by atoms with Crippen molar-refractivity contribution in [1.29, 1.82) is 0 Å². The second kappa shape index (κ2) is 9.15. The summed E-state index contributed by atoms with van der Waals surface area (Å²) >= 11 is 0. The smallest absolute Gasteiger partial charge is 0.192 e. The Bertz CT molecular complexity index is 562. The number of aliphatic hydroxyl groups excluding tert-OH is 1. The molecule has 0 aliphatic heterocycles. The fourth-order valence-corrected chi connectivity index (χ4v) is 8.01. The van der Waals surface area contributed by atoms with Gasteiger partial charge in [0.05, 0.1) is 5.60 Å². The molecule has 0 aromatic carbocycles. The molecule has 0 spiro atoms. The highest BCUT2D eigenvalue weighted by Gasteiger charge is 2.57. The van der Waals surface area contributed by atoms with Crippen LogP contribution < -0.4 is 0 Å². The third-order valence-corrected chi connectivity index (χ3v) is 13.9. The molecule has 0 radical (unpaired) electrons. The zero-order valence-corrected chi connectivity index (χ0v) is 22.6. The van der Waals surface area contributed by atoms with Crippen LogP contribution in [0.25, 0.3) is 0 Å². The first kappa shape index (κ1) is 26.4. The maximum absolute atomic E-state index is 10.2. The predicted molar refractivity (Wildman–Crippen MR) is 130 cm³/mol. The molecule has 30 heavy (non-hydrogen) atoms. The highest BCUT2D eigenvalue weighted by atomic mass is 28.4. The summed E-state index contributed by atoms with van der Waals surface area (Å²) in [5, 5.41) is 20.4. The van der Waals surface area contributed by atoms with Gasteiger partial charge in [-0.3, -0.25) is 0 Å². The van der Waals surface area contributed by atoms with Gasteiger partial charge in [0.2, 0.25) is 0 Å². The van der Waals surface area contributed by atoms with E-state index in [4.69, 9.17) is 4.43 Å². The summed E-state index contributed by atoms with van der Waals surface area (Å²) in [6.07, 6.45) is 10.6. The number of aliphatic hydroxyl groups is 2. The van der Waals surface area contributed by atoms with Crippen LogP contribution in [0.5, 0.6) is 0 Å². The topological polar surface area (TPSA) is 49.7 Å². The molecule has 0 aromatic rings. The van der Waals surface area contributed by atoms with E-state index in [0.29, 0.717) is 23.4 Å². The lowest BCUT2D eigenvalue weighted by Gasteiger charge is -2.52. The van der Waals surface area contributed by atoms with Crippen LogP contribution in [0.3, 0.4) is 0 Å². The molecule has 2 N–H and O–H groups in total. The molecule has 4 heteroatoms. The van der Waals surface area contributed by atoms with Gasteiger partial charge < -0.3 is 14.6 Å². The van der Waals surface area contributed by atoms with E-state index >= 15 is 0 Å². The summed E-state index contributed by atoms with van der Waals surface area (Å²) < 4.78 is 7.03. The standard InChI is InChI=1S/C26H52O3Si/c1-23(2,3)30(8,9)29-21-12-10-17-26(7)20(21)13-14-22(26)25(6,18-19-27)16-11-15-24(4,5)28/h20-22,27-28H,10-19H2,1-9H3/t20-,21-,22+,25+,26-/m0/s1. The van der Waals surface area contributed by atoms with Gasteiger partial charge in [0.15, 0.2) is 8.32 Å². The van der Waals surface area contributed by atoms with Gasteiger partial charge in [0, 0.05) is 12.7 Å². The second-order valence-electron chi connectivity index (χ2n) is 13.3. The van der Waals surface area contributed by atoms with Crippen molar-refractivity contribution < 1.29 is 14.6 Å². The fourth-order valence-electron chi connectivity index (χ4n) is 6.61. The monoisotopic (exact) mass is 440 g/mol. The lowest BCUT2D eigenvalue weighted by Crippen LogP contribution is -2.51. The van der Waals surface area contributed by atoms with Gasteiger partial charge in [-0.15, -0.1) is 0 Å². The Kier molecular flexibility index (Phi) is 8.04. The van der Waals surface area contributed by atoms with Crippen molar-refractivity contribution in [2.24, 2.45) is 22.7 Å². The molecule has 2 fully saturated rings. The Balaban J connectivity index is 2.21. The summed E-state index contributed by atoms with van der Waals surface area (Å²) in [4.78, 5) is 0. The maximum atomic E-state index is 10.2. The Labute approximate surface area is 188 Å². The molecule has 2 saturated carbocycles. The molecule has 0 unspecified atom stereocenters. The fraction of sp³-hybridized carbons (Fsp3) is 1.00. The van der Waals surface area contributed by atoms with E-state index < -0.39 is 13.9 Å². The second-order valence-corrected chi connectivity index (χ2v) is 18.1. The van der Waals surface area contributed by atoms with Crippen LogP contribution in [0.1, 0.15) is 106 Å². The summed E-state index contributed by atoms with van der Waals surface area (Å²) in [5.74, 6) is 1.28. The molecule has 2 aliphatic carbocycles. The molecule has 0 aromatic heterocycles. The SMILES string of the molecule is CC(C)(O)CCC[C@](C)(CCO)[C@H]1CC[C@H]2[C@@H](O[Si](C)(C)C(C)(C)C)CCC[C@]12C. The van der Waals surface area contributed by atoms with E-state index in [-0.39, 0.29) is 17.1 Å². The number of fused-ring (bicyclic) bond motifs is 1. The molecule has 2 rings (SSSR count). The van der Waals surface area contributed by atoms with Crippen LogP contribution in [-0.2, 0) is 4.43 Å². The molecule has 2 aliphatic rings. The molecule has 5 atom stereocenters. The van der Waals surface area contributed by atoms with Gasteiger partial charge in [0.25, 0.3) is 0 Å². The van der Waals surface area contributed by atoms with E-state index in [1.54, 1.807) is 0 Å². The van der Waals surface area contributed by atoms with Gasteiger partial charge >= 0.3 is 0 Å². The van der Waals surface area contributed by atoms with Crippen molar-refractivity contribution in [2.75, 3.05) is 6.61 Å². The molecular weight excluding hydrogens is 388 g/mol. The van der Waals surface area contributed by atoms with Crippen molar-refractivity contribution >= 4 is 8.32 Å². The van der Waals surface area contributed by atoms with Crippen LogP contribution in [0.2, 0.25) is 18.1 Å². The van der Waals surface area contributed by atoms with Gasteiger partial charge in [-0.1, -0.05) is 47.5 Å². The third-order valence-electron chi connectivity index (χ3n) is 9.38. The minimum absolute atomic E-state index is 0.141. The Morgan fingerprint density at radius 3 is 2.13 bits per heavy atom. The van der Waals surface area contributed by atoms with Gasteiger partial charge in [-0.25, -0.2) is 0 Å². The van der Waals surface area contributed by atoms with Crippen molar-refractivity contribution in [3.8, 4) is 0 Å². The van der Waals surface area contributed by atoms with E-state index in [1.807, 2.05) is 13.8 Å². The summed E-state index contributed by atoms with van der Waals surface area (Å²) in [5.41, 5.74) is -0.151. The first-order chi connectivity index (χ1) is 13.6. The van der Waals surface area contributed by atoms with Crippen molar-refractivity contribution in [3.05, 3.63) is 0 Å². The van der Waals surface area contributed by atoms with Crippen LogP contribution in [-0.4, -0.2) is 36.8 Å². The average Bonchev–Trinajstić information content (AvgIpc) is 2.91. The number of hydrogen-bond donors (Lipinski definition) is 2. The molecule has 3 nitrogen and oxygen atoms in total. The summed E-state index contributed by atoms with van der Waals surface area (Å²) in [6.45, 7) is 20.9. The van der Waals surface area contributed by atoms with E-state index in [1.165, 1.54) is 32.1 Å². The van der Waals surface area contributed by atoms with E-state index in [9.17, 15) is 10.2 Å². The number of hydrogen-bond acceptors (Lipinski definition) is 3. The highest BCUT2D eigenvalue weighted by molar-refractivity contribution is 6.74. The summed E-state index contributed by atoms with van der Waals surface area (Å²) in [6, 6.07) is 0. The zero-order valence-electron chi connectivity index (χ0n) is 21.6. The Morgan fingerprint density at radius 1 is 0.967 bits per heavy atom. The minimum atomic E-state index is -1.78. The largest absolute Gasteiger partial charge is 0.414 e. The maximum Gasteiger partial charge on any atom is 0.192 e. The van der Waals surface area contributed by atoms with Gasteiger partial charge in [0.1, 0.15) is 0 Å². The lowest BCUT2D eigenvalue weighted by molar-refractivity contribution is -0.0511. The first-order valence-electron chi connectivity index (χ1n) is 12.6. The molecular formula is C26H52O3Si. The van der Waals surface area contributed by atoms with Crippen LogP contribution in [0, 0.1) is 22.7 Å². The van der Waals surface area contributed by atoms with E-state index in [2.05, 4.69) is 47.7 Å². The van der Waals surface area contributed by atoms with Crippen molar-refractivity contribution in [2.45, 2.75) is 136 Å². The molecule has 0 amide bonds. The number of rotatable bonds is 9. The van der Waals surface area contributed by atoms with Gasteiger partial charge in [-0.2, -0.15) is 0 Å². The third kappa shape index (κ3) is 5.71. The van der Waals surface area contributed by atoms with Crippen LogP contribution in [0.15, 0.2) is 0 Å². The molecule has 178 valence electrons. The average molecular weight is 441 g/mol. The molecule has 0 saturated heterocycles. The van der Waals surface area contributed by atoms with Crippen molar-refractivity contribution in [3.63, 3.8) is 0 Å². The quantitative estimate of drug-likeness (QED) is 0.382. The van der Waals surface area contributed by atoms with Crippen LogP contribution in [0.4, 0.5) is 0 Å². The zero-order chi connectivity index (χ0) is 23.0. The summed E-state index contributed by atoms with van der Waals surface area (Å²) in [7, 11) is -1.78. The Hall–Kier alpha value is 0.0969. The van der Waals surface area contributed by atoms with E-state index in [0.717, 1.165) is 25.7 Å². The van der Waals surface area contributed by atoms with Crippen LogP contribution >= 0.6 is 0 Å². The molecule has 0 bridgehead atoms. The lowest BCUT2D eigenvalue weighted by atomic mass is 9.56. The minimum Gasteiger partial charge on any atom is -0.414 e. The molecule has 0 heterocycles.